The van der Waals surface area contributed by atoms with E-state index in [1.165, 1.54) is 5.56 Å². The largest absolute Gasteiger partial charge is 0.377 e. The van der Waals surface area contributed by atoms with E-state index in [-0.39, 0.29) is 23.7 Å². The standard InChI is InChI=1S/C24H30N2O4/c1-3-18(19-7-5-4-6-8-19)13-23(27)21-14-20(22-16-30-12-10-26(21)22)24(28)25-9-11-29-15-17(25)2/h4-8,14,17-18H,3,9-13,15-16H2,1-2H3/t17-,18-/m0/s1. The number of benzene rings is 1. The van der Waals surface area contributed by atoms with Gasteiger partial charge in [0.2, 0.25) is 0 Å². The van der Waals surface area contributed by atoms with Crippen molar-refractivity contribution in [3.63, 3.8) is 0 Å². The first kappa shape index (κ1) is 20.8. The molecule has 0 bridgehead atoms. The lowest BCUT2D eigenvalue weighted by Crippen LogP contribution is -2.47. The van der Waals surface area contributed by atoms with Gasteiger partial charge in [-0.25, -0.2) is 0 Å². The van der Waals surface area contributed by atoms with Gasteiger partial charge < -0.3 is 18.9 Å². The lowest BCUT2D eigenvalue weighted by molar-refractivity contribution is 0.00317. The number of hydrogen-bond acceptors (Lipinski definition) is 4. The van der Waals surface area contributed by atoms with Gasteiger partial charge in [-0.15, -0.1) is 0 Å². The number of ether oxygens (including phenoxy) is 2. The third kappa shape index (κ3) is 4.07. The second kappa shape index (κ2) is 9.14. The van der Waals surface area contributed by atoms with E-state index < -0.39 is 0 Å². The topological polar surface area (TPSA) is 60.8 Å². The summed E-state index contributed by atoms with van der Waals surface area (Å²) in [6, 6.07) is 12.0. The van der Waals surface area contributed by atoms with Crippen LogP contribution in [0.1, 0.15) is 64.7 Å². The highest BCUT2D eigenvalue weighted by Crippen LogP contribution is 2.29. The lowest BCUT2D eigenvalue weighted by Gasteiger charge is -2.33. The minimum atomic E-state index is -0.0331. The number of rotatable bonds is 6. The summed E-state index contributed by atoms with van der Waals surface area (Å²) in [5.74, 6) is 0.222. The van der Waals surface area contributed by atoms with Crippen LogP contribution in [0, 0.1) is 0 Å². The van der Waals surface area contributed by atoms with Crippen molar-refractivity contribution in [2.75, 3.05) is 26.4 Å². The molecule has 1 aromatic heterocycles. The normalized spacial score (nSPS) is 19.9. The summed E-state index contributed by atoms with van der Waals surface area (Å²) < 4.78 is 13.1. The SMILES string of the molecule is CC[C@@H](CC(=O)c1cc(C(=O)N2CCOC[C@@H]2C)c2n1CCOC2)c1ccccc1. The van der Waals surface area contributed by atoms with Crippen molar-refractivity contribution >= 4 is 11.7 Å². The van der Waals surface area contributed by atoms with E-state index in [0.717, 1.165) is 12.1 Å². The van der Waals surface area contributed by atoms with Gasteiger partial charge >= 0.3 is 0 Å². The monoisotopic (exact) mass is 410 g/mol. The minimum Gasteiger partial charge on any atom is -0.377 e. The van der Waals surface area contributed by atoms with E-state index in [9.17, 15) is 9.59 Å². The van der Waals surface area contributed by atoms with Crippen LogP contribution in [0.15, 0.2) is 36.4 Å². The van der Waals surface area contributed by atoms with Gasteiger partial charge in [-0.05, 0) is 30.9 Å². The predicted molar refractivity (Wildman–Crippen MR) is 114 cm³/mol. The number of carbonyl (C=O) groups excluding carboxylic acids is 2. The molecule has 160 valence electrons. The van der Waals surface area contributed by atoms with Crippen molar-refractivity contribution in [1.82, 2.24) is 9.47 Å². The molecule has 3 heterocycles. The maximum absolute atomic E-state index is 13.3. The van der Waals surface area contributed by atoms with Crippen molar-refractivity contribution in [2.45, 2.75) is 51.8 Å². The minimum absolute atomic E-state index is 0.0213. The van der Waals surface area contributed by atoms with Gasteiger partial charge in [0.1, 0.15) is 0 Å². The number of nitrogens with zero attached hydrogens (tertiary/aromatic N) is 2. The number of carbonyl (C=O) groups is 2. The van der Waals surface area contributed by atoms with Crippen LogP contribution in [0.3, 0.4) is 0 Å². The van der Waals surface area contributed by atoms with E-state index in [1.54, 1.807) is 6.07 Å². The molecule has 2 aliphatic rings. The van der Waals surface area contributed by atoms with Crippen LogP contribution >= 0.6 is 0 Å². The molecule has 1 saturated heterocycles. The van der Waals surface area contributed by atoms with E-state index in [2.05, 4.69) is 19.1 Å². The second-order valence-electron chi connectivity index (χ2n) is 8.16. The number of ketones is 1. The van der Waals surface area contributed by atoms with Crippen molar-refractivity contribution < 1.29 is 19.1 Å². The molecule has 2 aliphatic heterocycles. The van der Waals surface area contributed by atoms with Crippen molar-refractivity contribution in [3.05, 3.63) is 58.9 Å². The number of amides is 1. The molecule has 0 radical (unpaired) electrons. The van der Waals surface area contributed by atoms with Gasteiger partial charge in [0.25, 0.3) is 5.91 Å². The maximum atomic E-state index is 13.3. The Labute approximate surface area is 177 Å². The zero-order valence-corrected chi connectivity index (χ0v) is 17.8. The van der Waals surface area contributed by atoms with Crippen molar-refractivity contribution in [1.29, 1.82) is 0 Å². The fourth-order valence-corrected chi connectivity index (χ4v) is 4.48. The highest BCUT2D eigenvalue weighted by Gasteiger charge is 2.32. The summed E-state index contributed by atoms with van der Waals surface area (Å²) in [6.45, 7) is 7.28. The summed E-state index contributed by atoms with van der Waals surface area (Å²) in [5, 5.41) is 0. The van der Waals surface area contributed by atoms with Crippen LogP contribution in [-0.2, 0) is 22.6 Å². The Morgan fingerprint density at radius 2 is 1.90 bits per heavy atom. The molecule has 0 aliphatic carbocycles. The quantitative estimate of drug-likeness (QED) is 0.682. The van der Waals surface area contributed by atoms with Gasteiger partial charge in [0.05, 0.1) is 49.4 Å². The van der Waals surface area contributed by atoms with E-state index >= 15 is 0 Å². The number of hydrogen-bond donors (Lipinski definition) is 0. The summed E-state index contributed by atoms with van der Waals surface area (Å²) in [4.78, 5) is 28.5. The Morgan fingerprint density at radius 3 is 2.63 bits per heavy atom. The molecular weight excluding hydrogens is 380 g/mol. The third-order valence-corrected chi connectivity index (χ3v) is 6.25. The Hall–Kier alpha value is -2.44. The summed E-state index contributed by atoms with van der Waals surface area (Å²) >= 11 is 0. The maximum Gasteiger partial charge on any atom is 0.256 e. The van der Waals surface area contributed by atoms with Crippen LogP contribution in [0.4, 0.5) is 0 Å². The predicted octanol–water partition coefficient (Wildman–Crippen LogP) is 3.65. The second-order valence-corrected chi connectivity index (χ2v) is 8.16. The first-order valence-electron chi connectivity index (χ1n) is 10.9. The number of fused-ring (bicyclic) bond motifs is 1. The highest BCUT2D eigenvalue weighted by atomic mass is 16.5. The molecule has 2 aromatic rings. The number of morpholine rings is 1. The van der Waals surface area contributed by atoms with E-state index in [1.807, 2.05) is 34.6 Å². The molecule has 0 unspecified atom stereocenters. The highest BCUT2D eigenvalue weighted by molar-refractivity contribution is 6.01. The van der Waals surface area contributed by atoms with Crippen LogP contribution < -0.4 is 0 Å². The average molecular weight is 411 g/mol. The average Bonchev–Trinajstić information content (AvgIpc) is 3.18. The first-order chi connectivity index (χ1) is 14.6. The van der Waals surface area contributed by atoms with Crippen molar-refractivity contribution in [2.24, 2.45) is 0 Å². The molecule has 2 atom stereocenters. The molecule has 4 rings (SSSR count). The molecule has 0 saturated carbocycles. The number of aromatic nitrogens is 1. The Balaban J connectivity index is 1.62. The molecule has 6 nitrogen and oxygen atoms in total. The lowest BCUT2D eigenvalue weighted by atomic mass is 9.90. The fourth-order valence-electron chi connectivity index (χ4n) is 4.48. The van der Waals surface area contributed by atoms with Crippen LogP contribution in [0.25, 0.3) is 0 Å². The molecule has 0 spiro atoms. The third-order valence-electron chi connectivity index (χ3n) is 6.25. The van der Waals surface area contributed by atoms with Gasteiger partial charge in [-0.1, -0.05) is 37.3 Å². The molecule has 6 heteroatoms. The number of Topliss-reactive ketones (excluding diaryl/α,β-unsaturated/α-hetero) is 1. The van der Waals surface area contributed by atoms with Crippen LogP contribution in [-0.4, -0.2) is 53.6 Å². The van der Waals surface area contributed by atoms with Crippen LogP contribution in [0.2, 0.25) is 0 Å². The zero-order valence-electron chi connectivity index (χ0n) is 17.8. The molecule has 1 fully saturated rings. The fraction of sp³-hybridized carbons (Fsp3) is 0.500. The van der Waals surface area contributed by atoms with E-state index in [4.69, 9.17) is 9.47 Å². The van der Waals surface area contributed by atoms with Crippen LogP contribution in [0.5, 0.6) is 0 Å². The van der Waals surface area contributed by atoms with Crippen molar-refractivity contribution in [3.8, 4) is 0 Å². The first-order valence-corrected chi connectivity index (χ1v) is 10.9. The smallest absolute Gasteiger partial charge is 0.256 e. The van der Waals surface area contributed by atoms with Gasteiger partial charge in [-0.2, -0.15) is 0 Å². The summed E-state index contributed by atoms with van der Waals surface area (Å²) in [5.41, 5.74) is 3.23. The molecule has 0 N–H and O–H groups in total. The van der Waals surface area contributed by atoms with Gasteiger partial charge in [-0.3, -0.25) is 9.59 Å². The molecule has 30 heavy (non-hydrogen) atoms. The van der Waals surface area contributed by atoms with Gasteiger partial charge in [0, 0.05) is 19.5 Å². The molecular formula is C24H30N2O4. The molecule has 1 aromatic carbocycles. The Bertz CT molecular complexity index is 905. The summed E-state index contributed by atoms with van der Waals surface area (Å²) in [6.07, 6.45) is 1.33. The Morgan fingerprint density at radius 1 is 1.13 bits per heavy atom. The zero-order chi connectivity index (χ0) is 21.1. The summed E-state index contributed by atoms with van der Waals surface area (Å²) in [7, 11) is 0. The molecule has 1 amide bonds. The van der Waals surface area contributed by atoms with E-state index in [0.29, 0.717) is 57.2 Å². The Kier molecular flexibility index (Phi) is 6.35. The van der Waals surface area contributed by atoms with Gasteiger partial charge in [0.15, 0.2) is 5.78 Å².